The molecule has 4 nitrogen and oxygen atoms in total. The minimum absolute atomic E-state index is 0.796. The van der Waals surface area contributed by atoms with Crippen LogP contribution in [-0.2, 0) is 11.3 Å². The van der Waals surface area contributed by atoms with Gasteiger partial charge in [0.05, 0.1) is 0 Å². The molecule has 16 heavy (non-hydrogen) atoms. The summed E-state index contributed by atoms with van der Waals surface area (Å²) in [5.74, 6) is 0. The van der Waals surface area contributed by atoms with Gasteiger partial charge in [0.15, 0.2) is 5.16 Å². The molecule has 0 aliphatic heterocycles. The molecule has 0 aromatic carbocycles. The highest BCUT2D eigenvalue weighted by molar-refractivity contribution is 7.98. The minimum atomic E-state index is 0.796. The van der Waals surface area contributed by atoms with Gasteiger partial charge in [-0.25, -0.2) is 9.97 Å². The summed E-state index contributed by atoms with van der Waals surface area (Å²) < 4.78 is 5.25. The van der Waals surface area contributed by atoms with E-state index in [2.05, 4.69) is 15.3 Å². The molecular weight excluding hydrogens is 222 g/mol. The minimum Gasteiger partial charge on any atom is -0.382 e. The van der Waals surface area contributed by atoms with E-state index in [9.17, 15) is 0 Å². The van der Waals surface area contributed by atoms with Crippen molar-refractivity contribution in [1.82, 2.24) is 15.3 Å². The number of ether oxygens (including phenoxy) is 1. The zero-order valence-corrected chi connectivity index (χ0v) is 10.7. The van der Waals surface area contributed by atoms with Gasteiger partial charge in [-0.2, -0.15) is 0 Å². The summed E-state index contributed by atoms with van der Waals surface area (Å²) in [6, 6.07) is 0. The van der Waals surface area contributed by atoms with Gasteiger partial charge in [-0.15, -0.1) is 0 Å². The largest absolute Gasteiger partial charge is 0.382 e. The van der Waals surface area contributed by atoms with Gasteiger partial charge in [-0.1, -0.05) is 11.8 Å². The molecule has 1 aromatic rings. The highest BCUT2D eigenvalue weighted by atomic mass is 32.2. The van der Waals surface area contributed by atoms with Crippen molar-refractivity contribution in [1.29, 1.82) is 0 Å². The number of hydrogen-bond acceptors (Lipinski definition) is 5. The third-order valence-corrected chi connectivity index (χ3v) is 2.62. The molecule has 0 fully saturated rings. The second kappa shape index (κ2) is 8.50. The number of nitrogens with zero attached hydrogens (tertiary/aromatic N) is 2. The summed E-state index contributed by atoms with van der Waals surface area (Å²) in [5, 5.41) is 4.15. The van der Waals surface area contributed by atoms with Gasteiger partial charge in [0.2, 0.25) is 0 Å². The summed E-state index contributed by atoms with van der Waals surface area (Å²) in [4.78, 5) is 8.43. The first-order valence-electron chi connectivity index (χ1n) is 5.50. The second-order valence-corrected chi connectivity index (χ2v) is 4.08. The molecule has 0 bridgehead atoms. The standard InChI is InChI=1S/C11H19N3OS/c1-3-15-6-4-5-12-7-10-8-13-11(16-2)14-9-10/h8-9,12H,3-7H2,1-2H3. The Balaban J connectivity index is 2.12. The summed E-state index contributed by atoms with van der Waals surface area (Å²) in [6.07, 6.45) is 6.75. The van der Waals surface area contributed by atoms with Crippen LogP contribution in [0.15, 0.2) is 17.6 Å². The number of rotatable bonds is 8. The maximum atomic E-state index is 5.25. The number of thioether (sulfide) groups is 1. The van der Waals surface area contributed by atoms with Gasteiger partial charge < -0.3 is 10.1 Å². The topological polar surface area (TPSA) is 47.0 Å². The Labute approximate surface area is 101 Å². The Morgan fingerprint density at radius 3 is 2.75 bits per heavy atom. The molecule has 0 spiro atoms. The Hall–Kier alpha value is -0.650. The van der Waals surface area contributed by atoms with Gasteiger partial charge in [0.25, 0.3) is 0 Å². The predicted molar refractivity (Wildman–Crippen MR) is 66.6 cm³/mol. The molecule has 0 radical (unpaired) electrons. The summed E-state index contributed by atoms with van der Waals surface area (Å²) in [6.45, 7) is 5.42. The van der Waals surface area contributed by atoms with Crippen LogP contribution < -0.4 is 5.32 Å². The van der Waals surface area contributed by atoms with Crippen molar-refractivity contribution in [3.8, 4) is 0 Å². The van der Waals surface area contributed by atoms with Gasteiger partial charge in [-0.05, 0) is 26.1 Å². The Morgan fingerprint density at radius 2 is 2.12 bits per heavy atom. The molecule has 1 rings (SSSR count). The van der Waals surface area contributed by atoms with Gasteiger partial charge in [-0.3, -0.25) is 0 Å². The Morgan fingerprint density at radius 1 is 1.38 bits per heavy atom. The lowest BCUT2D eigenvalue weighted by atomic mass is 10.3. The van der Waals surface area contributed by atoms with Crippen molar-refractivity contribution in [2.24, 2.45) is 0 Å². The zero-order valence-electron chi connectivity index (χ0n) is 9.90. The SMILES string of the molecule is CCOCCCNCc1cnc(SC)nc1. The maximum absolute atomic E-state index is 5.25. The third kappa shape index (κ3) is 5.44. The van der Waals surface area contributed by atoms with Gasteiger partial charge >= 0.3 is 0 Å². The number of hydrogen-bond donors (Lipinski definition) is 1. The van der Waals surface area contributed by atoms with Crippen molar-refractivity contribution in [3.63, 3.8) is 0 Å². The molecule has 0 saturated carbocycles. The number of nitrogens with one attached hydrogen (secondary N) is 1. The highest BCUT2D eigenvalue weighted by Crippen LogP contribution is 2.06. The smallest absolute Gasteiger partial charge is 0.187 e. The molecule has 0 unspecified atom stereocenters. The van der Waals surface area contributed by atoms with E-state index in [0.29, 0.717) is 0 Å². The first-order chi connectivity index (χ1) is 7.86. The van der Waals surface area contributed by atoms with Crippen molar-refractivity contribution in [2.45, 2.75) is 25.0 Å². The molecule has 0 aliphatic rings. The molecule has 90 valence electrons. The zero-order chi connectivity index (χ0) is 11.6. The molecule has 0 atom stereocenters. The average Bonchev–Trinajstić information content (AvgIpc) is 2.34. The lowest BCUT2D eigenvalue weighted by molar-refractivity contribution is 0.144. The molecule has 1 N–H and O–H groups in total. The van der Waals surface area contributed by atoms with Crippen molar-refractivity contribution >= 4 is 11.8 Å². The van der Waals surface area contributed by atoms with Crippen LogP contribution in [0, 0.1) is 0 Å². The highest BCUT2D eigenvalue weighted by Gasteiger charge is 1.96. The Bertz CT molecular complexity index is 279. The molecule has 0 aliphatic carbocycles. The first kappa shape index (κ1) is 13.4. The van der Waals surface area contributed by atoms with Crippen LogP contribution in [0.25, 0.3) is 0 Å². The molecular formula is C11H19N3OS. The van der Waals surface area contributed by atoms with Crippen molar-refractivity contribution in [2.75, 3.05) is 26.0 Å². The maximum Gasteiger partial charge on any atom is 0.187 e. The fourth-order valence-electron chi connectivity index (χ4n) is 1.22. The van der Waals surface area contributed by atoms with E-state index in [0.717, 1.165) is 43.4 Å². The van der Waals surface area contributed by atoms with Gasteiger partial charge in [0, 0.05) is 37.7 Å². The van der Waals surface area contributed by atoms with Crippen LogP contribution in [0.5, 0.6) is 0 Å². The normalized spacial score (nSPS) is 10.6. The summed E-state index contributed by atoms with van der Waals surface area (Å²) >= 11 is 1.56. The third-order valence-electron chi connectivity index (χ3n) is 2.04. The van der Waals surface area contributed by atoms with Crippen LogP contribution in [0.3, 0.4) is 0 Å². The van der Waals surface area contributed by atoms with E-state index in [-0.39, 0.29) is 0 Å². The number of aromatic nitrogens is 2. The second-order valence-electron chi connectivity index (χ2n) is 3.31. The van der Waals surface area contributed by atoms with Crippen molar-refractivity contribution in [3.05, 3.63) is 18.0 Å². The van der Waals surface area contributed by atoms with E-state index in [1.54, 1.807) is 11.8 Å². The summed E-state index contributed by atoms with van der Waals surface area (Å²) in [5.41, 5.74) is 1.12. The lowest BCUT2D eigenvalue weighted by Gasteiger charge is -2.04. The van der Waals surface area contributed by atoms with Crippen LogP contribution in [0.2, 0.25) is 0 Å². The van der Waals surface area contributed by atoms with Crippen LogP contribution >= 0.6 is 11.8 Å². The molecule has 0 amide bonds. The van der Waals surface area contributed by atoms with Crippen molar-refractivity contribution < 1.29 is 4.74 Å². The monoisotopic (exact) mass is 241 g/mol. The van der Waals surface area contributed by atoms with E-state index >= 15 is 0 Å². The lowest BCUT2D eigenvalue weighted by Crippen LogP contribution is -2.16. The van der Waals surface area contributed by atoms with Crippen LogP contribution in [0.1, 0.15) is 18.9 Å². The van der Waals surface area contributed by atoms with E-state index in [4.69, 9.17) is 4.74 Å². The fraction of sp³-hybridized carbons (Fsp3) is 0.636. The molecule has 5 heteroatoms. The van der Waals surface area contributed by atoms with Crippen LogP contribution in [0.4, 0.5) is 0 Å². The molecule has 0 saturated heterocycles. The average molecular weight is 241 g/mol. The quantitative estimate of drug-likeness (QED) is 0.426. The van der Waals surface area contributed by atoms with Crippen LogP contribution in [-0.4, -0.2) is 36.0 Å². The van der Waals surface area contributed by atoms with E-state index < -0.39 is 0 Å². The first-order valence-corrected chi connectivity index (χ1v) is 6.72. The van der Waals surface area contributed by atoms with E-state index in [1.807, 2.05) is 25.6 Å². The Kier molecular flexibility index (Phi) is 7.12. The fourth-order valence-corrected chi connectivity index (χ4v) is 1.53. The predicted octanol–water partition coefficient (Wildman–Crippen LogP) is 1.71. The molecule has 1 aromatic heterocycles. The van der Waals surface area contributed by atoms with Gasteiger partial charge in [0.1, 0.15) is 0 Å². The van der Waals surface area contributed by atoms with E-state index in [1.165, 1.54) is 0 Å². The molecule has 1 heterocycles. The summed E-state index contributed by atoms with van der Waals surface area (Å²) in [7, 11) is 0.